The molecular formula is C38H51N2O6S2+. The monoisotopic (exact) mass is 695 g/mol. The van der Waals surface area contributed by atoms with E-state index in [4.69, 9.17) is 0 Å². The molecule has 0 aliphatic carbocycles. The Labute approximate surface area is 287 Å². The van der Waals surface area contributed by atoms with E-state index in [1.54, 1.807) is 18.2 Å². The number of benzene rings is 3. The maximum Gasteiger partial charge on any atom is 0.294 e. The summed E-state index contributed by atoms with van der Waals surface area (Å²) < 4.78 is 70.4. The van der Waals surface area contributed by atoms with Crippen molar-refractivity contribution in [1.29, 1.82) is 0 Å². The number of fused-ring (bicyclic) bond motifs is 2. The van der Waals surface area contributed by atoms with Crippen molar-refractivity contribution in [2.45, 2.75) is 126 Å². The molecule has 0 amide bonds. The van der Waals surface area contributed by atoms with Gasteiger partial charge in [-0.3, -0.25) is 9.11 Å². The molecule has 10 heteroatoms. The fraction of sp³-hybridized carbons (Fsp3) is 0.500. The van der Waals surface area contributed by atoms with Gasteiger partial charge in [0.15, 0.2) is 5.71 Å². The molecule has 2 N–H and O–H groups in total. The Morgan fingerprint density at radius 2 is 1.46 bits per heavy atom. The molecule has 0 spiro atoms. The van der Waals surface area contributed by atoms with E-state index in [1.165, 1.54) is 72.5 Å². The Kier molecular flexibility index (Phi) is 10.3. The summed E-state index contributed by atoms with van der Waals surface area (Å²) in [6.07, 6.45) is 9.59. The van der Waals surface area contributed by atoms with E-state index in [0.29, 0.717) is 5.69 Å². The molecule has 1 unspecified atom stereocenters. The first-order valence-corrected chi connectivity index (χ1v) is 20.1. The standard InChI is InChI=1S/C38H50N2O6S2/c1-7-8-9-13-23-39-33-21-19-27(2)24-31(33)37(3,4)35(39)17-11-10-12-18-36-38(5,6)32-26-30(48(44,45)46)20-22-34(32)40(36)28-15-14-16-29(25-28)47(41,42)43/h14-16,19-22,24-26,36H,7-13,17-18,23H2,1-6H3,(H-,41,42,43,44,45,46)/p+1. The zero-order valence-electron chi connectivity index (χ0n) is 29.2. The van der Waals surface area contributed by atoms with E-state index in [9.17, 15) is 25.9 Å². The minimum atomic E-state index is -4.43. The zero-order valence-corrected chi connectivity index (χ0v) is 30.8. The van der Waals surface area contributed by atoms with E-state index in [-0.39, 0.29) is 21.2 Å². The number of hydrogen-bond donors (Lipinski definition) is 2. The average Bonchev–Trinajstić information content (AvgIpc) is 3.36. The van der Waals surface area contributed by atoms with E-state index < -0.39 is 25.7 Å². The topological polar surface area (TPSA) is 115 Å². The van der Waals surface area contributed by atoms with Gasteiger partial charge in [-0.2, -0.15) is 21.4 Å². The van der Waals surface area contributed by atoms with E-state index in [1.807, 2.05) is 0 Å². The van der Waals surface area contributed by atoms with Gasteiger partial charge in [0, 0.05) is 47.3 Å². The van der Waals surface area contributed by atoms with Gasteiger partial charge >= 0.3 is 0 Å². The highest BCUT2D eigenvalue weighted by atomic mass is 32.2. The lowest BCUT2D eigenvalue weighted by Gasteiger charge is -2.35. The number of anilines is 2. The highest BCUT2D eigenvalue weighted by molar-refractivity contribution is 7.86. The van der Waals surface area contributed by atoms with Crippen LogP contribution in [-0.2, 0) is 31.1 Å². The van der Waals surface area contributed by atoms with E-state index >= 15 is 0 Å². The molecule has 2 heterocycles. The summed E-state index contributed by atoms with van der Waals surface area (Å²) in [5, 5.41) is 0. The minimum Gasteiger partial charge on any atom is -0.337 e. The first-order chi connectivity index (χ1) is 22.5. The van der Waals surface area contributed by atoms with Gasteiger partial charge in [-0.1, -0.05) is 64.2 Å². The fourth-order valence-corrected chi connectivity index (χ4v) is 8.93. The molecule has 5 rings (SSSR count). The van der Waals surface area contributed by atoms with Crippen LogP contribution in [0.15, 0.2) is 70.5 Å². The van der Waals surface area contributed by atoms with Crippen LogP contribution in [0, 0.1) is 6.92 Å². The number of rotatable bonds is 14. The van der Waals surface area contributed by atoms with Crippen LogP contribution in [0.1, 0.15) is 109 Å². The highest BCUT2D eigenvalue weighted by Gasteiger charge is 2.46. The highest BCUT2D eigenvalue weighted by Crippen LogP contribution is 2.51. The Bertz CT molecular complexity index is 1930. The SMILES string of the molecule is CCCCCC[N+]1=C(CCCCCC2N(c3cccc(S(=O)(=O)O)c3)c3ccc(S(=O)(=O)O)cc3C2(C)C)C(C)(C)c2cc(C)ccc21. The van der Waals surface area contributed by atoms with Crippen LogP contribution in [-0.4, -0.2) is 48.8 Å². The Balaban J connectivity index is 1.38. The summed E-state index contributed by atoms with van der Waals surface area (Å²) in [6.45, 7) is 14.3. The normalized spacial score (nSPS) is 18.3. The van der Waals surface area contributed by atoms with Crippen molar-refractivity contribution in [2.24, 2.45) is 0 Å². The van der Waals surface area contributed by atoms with Gasteiger partial charge in [-0.05, 0) is 88.1 Å². The molecule has 0 saturated heterocycles. The predicted molar refractivity (Wildman–Crippen MR) is 193 cm³/mol. The second kappa shape index (κ2) is 13.7. The van der Waals surface area contributed by atoms with Crippen LogP contribution in [0.25, 0.3) is 0 Å². The summed E-state index contributed by atoms with van der Waals surface area (Å²) >= 11 is 0. The summed E-state index contributed by atoms with van der Waals surface area (Å²) in [5.41, 5.74) is 7.05. The molecule has 0 aromatic heterocycles. The van der Waals surface area contributed by atoms with Crippen LogP contribution in [0.3, 0.4) is 0 Å². The van der Waals surface area contributed by atoms with E-state index in [0.717, 1.165) is 49.9 Å². The smallest absolute Gasteiger partial charge is 0.294 e. The zero-order chi connectivity index (χ0) is 35.1. The first kappa shape index (κ1) is 36.2. The third kappa shape index (κ3) is 7.13. The molecule has 0 fully saturated rings. The second-order valence-electron chi connectivity index (χ2n) is 14.6. The lowest BCUT2D eigenvalue weighted by Crippen LogP contribution is -2.39. The lowest BCUT2D eigenvalue weighted by atomic mass is 9.78. The van der Waals surface area contributed by atoms with Crippen LogP contribution in [0.5, 0.6) is 0 Å². The van der Waals surface area contributed by atoms with Gasteiger partial charge in [-0.15, -0.1) is 0 Å². The average molecular weight is 696 g/mol. The molecule has 2 aliphatic heterocycles. The number of nitrogens with zero attached hydrogens (tertiary/aromatic N) is 2. The van der Waals surface area contributed by atoms with Gasteiger partial charge in [0.2, 0.25) is 5.69 Å². The van der Waals surface area contributed by atoms with Crippen molar-refractivity contribution in [2.75, 3.05) is 11.4 Å². The Morgan fingerprint density at radius 1 is 0.771 bits per heavy atom. The van der Waals surface area contributed by atoms with E-state index in [2.05, 4.69) is 69.2 Å². The Hall–Kier alpha value is -3.05. The summed E-state index contributed by atoms with van der Waals surface area (Å²) in [4.78, 5) is 1.68. The molecule has 1 atom stereocenters. The third-order valence-corrected chi connectivity index (χ3v) is 12.2. The summed E-state index contributed by atoms with van der Waals surface area (Å²) in [7, 11) is -8.84. The molecule has 0 saturated carbocycles. The van der Waals surface area contributed by atoms with Gasteiger partial charge in [0.25, 0.3) is 20.2 Å². The van der Waals surface area contributed by atoms with Crippen LogP contribution < -0.4 is 4.90 Å². The quantitative estimate of drug-likeness (QED) is 0.0983. The number of unbranched alkanes of at least 4 members (excludes halogenated alkanes) is 5. The summed E-state index contributed by atoms with van der Waals surface area (Å²) in [6, 6.07) is 17.5. The molecule has 3 aromatic rings. The van der Waals surface area contributed by atoms with Crippen molar-refractivity contribution < 1.29 is 30.5 Å². The first-order valence-electron chi connectivity index (χ1n) is 17.2. The fourth-order valence-electron chi connectivity index (χ4n) is 7.91. The Morgan fingerprint density at radius 3 is 2.15 bits per heavy atom. The van der Waals surface area contributed by atoms with Crippen LogP contribution in [0.4, 0.5) is 17.1 Å². The molecule has 0 radical (unpaired) electrons. The molecule has 2 aliphatic rings. The minimum absolute atomic E-state index is 0.0409. The molecule has 48 heavy (non-hydrogen) atoms. The van der Waals surface area contributed by atoms with Crippen molar-refractivity contribution in [3.05, 3.63) is 77.4 Å². The largest absolute Gasteiger partial charge is 0.337 e. The maximum absolute atomic E-state index is 12.1. The van der Waals surface area contributed by atoms with Crippen molar-refractivity contribution in [3.63, 3.8) is 0 Å². The summed E-state index contributed by atoms with van der Waals surface area (Å²) in [5.74, 6) is 0. The maximum atomic E-state index is 12.1. The number of hydrogen-bond acceptors (Lipinski definition) is 5. The van der Waals surface area contributed by atoms with Crippen molar-refractivity contribution in [3.8, 4) is 0 Å². The van der Waals surface area contributed by atoms with Gasteiger partial charge in [-0.25, -0.2) is 0 Å². The third-order valence-electron chi connectivity index (χ3n) is 10.5. The van der Waals surface area contributed by atoms with Crippen LogP contribution >= 0.6 is 0 Å². The molecule has 260 valence electrons. The van der Waals surface area contributed by atoms with Gasteiger partial charge in [0.1, 0.15) is 6.54 Å². The molecular weight excluding hydrogens is 645 g/mol. The predicted octanol–water partition coefficient (Wildman–Crippen LogP) is 8.89. The molecule has 0 bridgehead atoms. The molecule has 8 nitrogen and oxygen atoms in total. The molecule has 3 aromatic carbocycles. The van der Waals surface area contributed by atoms with Crippen molar-refractivity contribution >= 4 is 43.0 Å². The lowest BCUT2D eigenvalue weighted by molar-refractivity contribution is -0.440. The van der Waals surface area contributed by atoms with Gasteiger partial charge in [0.05, 0.1) is 15.2 Å². The number of aryl methyl sites for hydroxylation is 1. The van der Waals surface area contributed by atoms with Crippen molar-refractivity contribution in [1.82, 2.24) is 0 Å². The second-order valence-corrected chi connectivity index (χ2v) is 17.5. The van der Waals surface area contributed by atoms with Crippen LogP contribution in [0.2, 0.25) is 0 Å². The van der Waals surface area contributed by atoms with Gasteiger partial charge < -0.3 is 4.90 Å².